The molecule has 33 heavy (non-hydrogen) atoms. The summed E-state index contributed by atoms with van der Waals surface area (Å²) < 4.78 is 15.5. The minimum Gasteiger partial charge on any atom is -0.350 e. The molecule has 4 fully saturated rings. The first-order chi connectivity index (χ1) is 16.1. The molecule has 170 valence electrons. The van der Waals surface area contributed by atoms with Crippen molar-refractivity contribution in [2.24, 2.45) is 17.8 Å². The van der Waals surface area contributed by atoms with Crippen LogP contribution in [0.15, 0.2) is 59.8 Å². The molecule has 0 aliphatic heterocycles. The second-order valence-corrected chi connectivity index (χ2v) is 11.0. The molecule has 0 atom stereocenters. The maximum absolute atomic E-state index is 13.6. The van der Waals surface area contributed by atoms with Gasteiger partial charge in [-0.25, -0.2) is 4.39 Å². The van der Waals surface area contributed by atoms with Crippen molar-refractivity contribution in [2.75, 3.05) is 5.75 Å². The summed E-state index contributed by atoms with van der Waals surface area (Å²) in [5.41, 5.74) is 1.69. The van der Waals surface area contributed by atoms with Crippen LogP contribution >= 0.6 is 11.8 Å². The Kier molecular flexibility index (Phi) is 5.24. The van der Waals surface area contributed by atoms with E-state index in [2.05, 4.69) is 15.5 Å². The molecule has 1 heterocycles. The molecular weight excluding hydrogens is 435 g/mol. The average Bonchev–Trinajstić information content (AvgIpc) is 3.21. The predicted octanol–water partition coefficient (Wildman–Crippen LogP) is 5.25. The maximum atomic E-state index is 13.6. The molecule has 5 nitrogen and oxygen atoms in total. The van der Waals surface area contributed by atoms with Crippen molar-refractivity contribution in [3.63, 3.8) is 0 Å². The summed E-state index contributed by atoms with van der Waals surface area (Å²) in [7, 11) is 0. The van der Waals surface area contributed by atoms with Gasteiger partial charge in [0.05, 0.1) is 5.75 Å². The van der Waals surface area contributed by atoms with Crippen LogP contribution in [-0.2, 0) is 4.79 Å². The SMILES string of the molecule is O=C(CSc1nnc(-c2ccccc2)n1-c1ccc(F)cc1)NC12CC3CC(CC(C3)C1)C2. The summed E-state index contributed by atoms with van der Waals surface area (Å²) in [6.07, 6.45) is 7.48. The van der Waals surface area contributed by atoms with Gasteiger partial charge in [0.25, 0.3) is 0 Å². The number of thioether (sulfide) groups is 1. The molecule has 4 bridgehead atoms. The number of amides is 1. The highest BCUT2D eigenvalue weighted by Crippen LogP contribution is 2.55. The lowest BCUT2D eigenvalue weighted by molar-refractivity contribution is -0.124. The van der Waals surface area contributed by atoms with Gasteiger partial charge in [-0.1, -0.05) is 42.1 Å². The molecule has 0 saturated heterocycles. The highest BCUT2D eigenvalue weighted by atomic mass is 32.2. The van der Waals surface area contributed by atoms with E-state index in [0.29, 0.717) is 11.0 Å². The molecule has 0 spiro atoms. The second-order valence-electron chi connectivity index (χ2n) is 10.0. The Bertz CT molecular complexity index is 1130. The van der Waals surface area contributed by atoms with E-state index in [1.165, 1.54) is 43.2 Å². The van der Waals surface area contributed by atoms with Crippen LogP contribution in [-0.4, -0.2) is 32.0 Å². The van der Waals surface area contributed by atoms with Crippen molar-refractivity contribution in [2.45, 2.75) is 49.2 Å². The van der Waals surface area contributed by atoms with Gasteiger partial charge in [-0.05, 0) is 80.5 Å². The number of rotatable bonds is 6. The predicted molar refractivity (Wildman–Crippen MR) is 127 cm³/mol. The molecule has 1 N–H and O–H groups in total. The van der Waals surface area contributed by atoms with Crippen LogP contribution in [0.2, 0.25) is 0 Å². The van der Waals surface area contributed by atoms with Gasteiger partial charge in [0, 0.05) is 16.8 Å². The van der Waals surface area contributed by atoms with Gasteiger partial charge in [-0.3, -0.25) is 9.36 Å². The average molecular weight is 463 g/mol. The zero-order valence-corrected chi connectivity index (χ0v) is 19.2. The van der Waals surface area contributed by atoms with Crippen molar-refractivity contribution in [3.8, 4) is 17.1 Å². The fraction of sp³-hybridized carbons (Fsp3) is 0.423. The Labute approximate surface area is 197 Å². The highest BCUT2D eigenvalue weighted by Gasteiger charge is 2.51. The van der Waals surface area contributed by atoms with Crippen LogP contribution in [0.4, 0.5) is 4.39 Å². The lowest BCUT2D eigenvalue weighted by atomic mass is 9.53. The van der Waals surface area contributed by atoms with Gasteiger partial charge >= 0.3 is 0 Å². The summed E-state index contributed by atoms with van der Waals surface area (Å²) >= 11 is 1.38. The van der Waals surface area contributed by atoms with Crippen molar-refractivity contribution >= 4 is 17.7 Å². The lowest BCUT2D eigenvalue weighted by Crippen LogP contribution is -2.60. The lowest BCUT2D eigenvalue weighted by Gasteiger charge is -2.56. The molecule has 3 aromatic rings. The molecule has 4 aliphatic rings. The normalized spacial score (nSPS) is 27.6. The van der Waals surface area contributed by atoms with E-state index in [1.807, 2.05) is 34.9 Å². The Hall–Kier alpha value is -2.67. The van der Waals surface area contributed by atoms with E-state index in [9.17, 15) is 9.18 Å². The van der Waals surface area contributed by atoms with Gasteiger partial charge in [0.1, 0.15) is 5.82 Å². The van der Waals surface area contributed by atoms with Crippen molar-refractivity contribution < 1.29 is 9.18 Å². The van der Waals surface area contributed by atoms with Gasteiger partial charge in [-0.15, -0.1) is 10.2 Å². The van der Waals surface area contributed by atoms with E-state index in [4.69, 9.17) is 0 Å². The number of benzene rings is 2. The number of hydrogen-bond acceptors (Lipinski definition) is 4. The summed E-state index contributed by atoms with van der Waals surface area (Å²) in [4.78, 5) is 13.0. The fourth-order valence-corrected chi connectivity index (χ4v) is 7.44. The third kappa shape index (κ3) is 4.07. The number of carbonyl (C=O) groups excluding carboxylic acids is 1. The Morgan fingerprint density at radius 2 is 1.61 bits per heavy atom. The van der Waals surface area contributed by atoms with Gasteiger partial charge < -0.3 is 5.32 Å². The molecule has 7 rings (SSSR count). The molecule has 7 heteroatoms. The molecule has 1 amide bonds. The number of carbonyl (C=O) groups is 1. The molecule has 4 saturated carbocycles. The molecule has 2 aromatic carbocycles. The summed E-state index contributed by atoms with van der Waals surface area (Å²) in [6.45, 7) is 0. The third-order valence-corrected chi connectivity index (χ3v) is 8.45. The maximum Gasteiger partial charge on any atom is 0.230 e. The summed E-state index contributed by atoms with van der Waals surface area (Å²) in [5.74, 6) is 3.11. The molecule has 0 unspecified atom stereocenters. The minimum absolute atomic E-state index is 0.00617. The van der Waals surface area contributed by atoms with Crippen LogP contribution in [0, 0.1) is 23.6 Å². The van der Waals surface area contributed by atoms with Crippen LogP contribution in [0.25, 0.3) is 17.1 Å². The zero-order chi connectivity index (χ0) is 22.4. The standard InChI is InChI=1S/C26H27FN4OS/c27-21-6-8-22(9-7-21)31-24(20-4-2-1-3-5-20)29-30-25(31)33-16-23(32)28-26-13-17-10-18(14-26)12-19(11-17)15-26/h1-9,17-19H,10-16H2,(H,28,32). The van der Waals surface area contributed by atoms with Gasteiger partial charge in [0.15, 0.2) is 11.0 Å². The molecule has 4 aliphatic carbocycles. The number of halogens is 1. The first kappa shape index (κ1) is 20.9. The minimum atomic E-state index is -0.294. The third-order valence-electron chi connectivity index (χ3n) is 7.53. The van der Waals surface area contributed by atoms with Crippen molar-refractivity contribution in [1.29, 1.82) is 0 Å². The largest absolute Gasteiger partial charge is 0.350 e. The molecular formula is C26H27FN4OS. The van der Waals surface area contributed by atoms with Crippen LogP contribution in [0.5, 0.6) is 0 Å². The van der Waals surface area contributed by atoms with E-state index < -0.39 is 0 Å². The van der Waals surface area contributed by atoms with E-state index in [1.54, 1.807) is 12.1 Å². The smallest absolute Gasteiger partial charge is 0.230 e. The Morgan fingerprint density at radius 3 is 2.24 bits per heavy atom. The van der Waals surface area contributed by atoms with E-state index in [0.717, 1.165) is 48.3 Å². The number of nitrogens with zero attached hydrogens (tertiary/aromatic N) is 3. The van der Waals surface area contributed by atoms with Gasteiger partial charge in [-0.2, -0.15) is 0 Å². The Balaban J connectivity index is 1.22. The Morgan fingerprint density at radius 1 is 0.970 bits per heavy atom. The first-order valence-electron chi connectivity index (χ1n) is 11.8. The first-order valence-corrected chi connectivity index (χ1v) is 12.8. The van der Waals surface area contributed by atoms with Crippen LogP contribution in [0.1, 0.15) is 38.5 Å². The van der Waals surface area contributed by atoms with E-state index in [-0.39, 0.29) is 23.0 Å². The monoisotopic (exact) mass is 462 g/mol. The van der Waals surface area contributed by atoms with Gasteiger partial charge in [0.2, 0.25) is 5.91 Å². The van der Waals surface area contributed by atoms with Crippen molar-refractivity contribution in [3.05, 3.63) is 60.4 Å². The van der Waals surface area contributed by atoms with Crippen LogP contribution < -0.4 is 5.32 Å². The number of nitrogens with one attached hydrogen (secondary N) is 1. The number of hydrogen-bond donors (Lipinski definition) is 1. The van der Waals surface area contributed by atoms with E-state index >= 15 is 0 Å². The summed E-state index contributed by atoms with van der Waals surface area (Å²) in [6, 6.07) is 16.1. The quantitative estimate of drug-likeness (QED) is 0.508. The highest BCUT2D eigenvalue weighted by molar-refractivity contribution is 7.99. The number of aromatic nitrogens is 3. The molecule has 1 aromatic heterocycles. The second kappa shape index (κ2) is 8.28. The zero-order valence-electron chi connectivity index (χ0n) is 18.4. The summed E-state index contributed by atoms with van der Waals surface area (Å²) in [5, 5.41) is 12.9. The van der Waals surface area contributed by atoms with Crippen LogP contribution in [0.3, 0.4) is 0 Å². The topological polar surface area (TPSA) is 59.8 Å². The fourth-order valence-electron chi connectivity index (χ4n) is 6.69. The molecule has 0 radical (unpaired) electrons. The van der Waals surface area contributed by atoms with Crippen molar-refractivity contribution in [1.82, 2.24) is 20.1 Å².